The lowest BCUT2D eigenvalue weighted by Gasteiger charge is -2.12. The van der Waals surface area contributed by atoms with Gasteiger partial charge in [-0.15, -0.1) is 24.0 Å². The van der Waals surface area contributed by atoms with Gasteiger partial charge in [0.2, 0.25) is 5.91 Å². The fourth-order valence-corrected chi connectivity index (χ4v) is 2.33. The maximum Gasteiger partial charge on any atom is 0.239 e. The molecule has 1 amide bonds. The van der Waals surface area contributed by atoms with E-state index >= 15 is 0 Å². The third-order valence-corrected chi connectivity index (χ3v) is 3.80. The van der Waals surface area contributed by atoms with E-state index in [9.17, 15) is 4.79 Å². The number of guanidine groups is 1. The van der Waals surface area contributed by atoms with E-state index in [2.05, 4.69) is 64.3 Å². The molecule has 0 aliphatic rings. The zero-order chi connectivity index (χ0) is 17.9. The second kappa shape index (κ2) is 12.3. The van der Waals surface area contributed by atoms with Gasteiger partial charge >= 0.3 is 0 Å². The van der Waals surface area contributed by atoms with E-state index in [0.29, 0.717) is 19.0 Å². The first-order valence-electron chi connectivity index (χ1n) is 8.48. The lowest BCUT2D eigenvalue weighted by molar-refractivity contribution is -0.119. The van der Waals surface area contributed by atoms with E-state index in [-0.39, 0.29) is 36.4 Å². The summed E-state index contributed by atoms with van der Waals surface area (Å²) in [5.41, 5.74) is 3.62. The van der Waals surface area contributed by atoms with Crippen LogP contribution < -0.4 is 16.0 Å². The molecule has 26 heavy (non-hydrogen) atoms. The van der Waals surface area contributed by atoms with E-state index in [1.807, 2.05) is 18.2 Å². The van der Waals surface area contributed by atoms with Gasteiger partial charge in [-0.1, -0.05) is 60.2 Å². The first-order chi connectivity index (χ1) is 12.2. The number of benzene rings is 2. The lowest BCUT2D eigenvalue weighted by Crippen LogP contribution is -2.43. The number of carbonyl (C=O) groups excluding carboxylic acids is 1. The molecule has 2 aromatic rings. The Labute approximate surface area is 172 Å². The van der Waals surface area contributed by atoms with Crippen LogP contribution in [0.1, 0.15) is 16.7 Å². The summed E-state index contributed by atoms with van der Waals surface area (Å²) < 4.78 is 0. The third-order valence-electron chi connectivity index (χ3n) is 3.80. The summed E-state index contributed by atoms with van der Waals surface area (Å²) in [4.78, 5) is 16.0. The van der Waals surface area contributed by atoms with Gasteiger partial charge in [-0.2, -0.15) is 0 Å². The van der Waals surface area contributed by atoms with Crippen molar-refractivity contribution in [2.45, 2.75) is 19.9 Å². The molecule has 0 unspecified atom stereocenters. The summed E-state index contributed by atoms with van der Waals surface area (Å²) in [6, 6.07) is 18.4. The highest BCUT2D eigenvalue weighted by atomic mass is 127. The summed E-state index contributed by atoms with van der Waals surface area (Å²) in [5, 5.41) is 9.13. The molecule has 0 aliphatic heterocycles. The summed E-state index contributed by atoms with van der Waals surface area (Å²) in [5.74, 6) is 0.563. The van der Waals surface area contributed by atoms with Gasteiger partial charge in [-0.3, -0.25) is 9.79 Å². The van der Waals surface area contributed by atoms with Crippen LogP contribution in [0, 0.1) is 6.92 Å². The Kier molecular flexibility index (Phi) is 10.4. The Morgan fingerprint density at radius 2 is 1.62 bits per heavy atom. The van der Waals surface area contributed by atoms with Gasteiger partial charge in [0.15, 0.2) is 5.96 Å². The number of hydrogen-bond acceptors (Lipinski definition) is 2. The molecule has 0 spiro atoms. The van der Waals surface area contributed by atoms with E-state index in [4.69, 9.17) is 0 Å². The number of halogens is 1. The first kappa shape index (κ1) is 22.0. The minimum absolute atomic E-state index is 0. The molecule has 0 bridgehead atoms. The molecular weight excluding hydrogens is 439 g/mol. The lowest BCUT2D eigenvalue weighted by atomic mass is 10.1. The normalized spacial score (nSPS) is 10.6. The predicted molar refractivity (Wildman–Crippen MR) is 118 cm³/mol. The fraction of sp³-hybridized carbons (Fsp3) is 0.300. The maximum atomic E-state index is 11.9. The number of nitrogens with zero attached hydrogens (tertiary/aromatic N) is 1. The zero-order valence-electron chi connectivity index (χ0n) is 15.3. The van der Waals surface area contributed by atoms with Crippen molar-refractivity contribution >= 4 is 35.8 Å². The predicted octanol–water partition coefficient (Wildman–Crippen LogP) is 2.64. The monoisotopic (exact) mass is 466 g/mol. The van der Waals surface area contributed by atoms with Crippen LogP contribution in [0.5, 0.6) is 0 Å². The van der Waals surface area contributed by atoms with Crippen LogP contribution in [0.4, 0.5) is 0 Å². The number of aliphatic imine (C=N–C) groups is 1. The summed E-state index contributed by atoms with van der Waals surface area (Å²) >= 11 is 0. The minimum Gasteiger partial charge on any atom is -0.354 e. The summed E-state index contributed by atoms with van der Waals surface area (Å²) in [6.45, 7) is 3.55. The van der Waals surface area contributed by atoms with Crippen LogP contribution in [0.15, 0.2) is 59.6 Å². The van der Waals surface area contributed by atoms with Crippen molar-refractivity contribution in [3.63, 3.8) is 0 Å². The molecule has 2 aromatic carbocycles. The number of amides is 1. The molecule has 0 saturated carbocycles. The smallest absolute Gasteiger partial charge is 0.239 e. The van der Waals surface area contributed by atoms with Crippen LogP contribution in [0.2, 0.25) is 0 Å². The quantitative estimate of drug-likeness (QED) is 0.334. The van der Waals surface area contributed by atoms with Gasteiger partial charge in [-0.05, 0) is 24.5 Å². The molecule has 0 radical (unpaired) electrons. The van der Waals surface area contributed by atoms with Crippen LogP contribution in [0.3, 0.4) is 0 Å². The van der Waals surface area contributed by atoms with Crippen LogP contribution in [-0.4, -0.2) is 32.0 Å². The van der Waals surface area contributed by atoms with Crippen molar-refractivity contribution in [1.82, 2.24) is 16.0 Å². The van der Waals surface area contributed by atoms with Crippen molar-refractivity contribution in [3.8, 4) is 0 Å². The highest BCUT2D eigenvalue weighted by Crippen LogP contribution is 2.02. The summed E-state index contributed by atoms with van der Waals surface area (Å²) in [7, 11) is 1.69. The van der Waals surface area contributed by atoms with Crippen molar-refractivity contribution in [3.05, 3.63) is 71.3 Å². The second-order valence-corrected chi connectivity index (χ2v) is 5.85. The highest BCUT2D eigenvalue weighted by Gasteiger charge is 2.03. The largest absolute Gasteiger partial charge is 0.354 e. The molecule has 3 N–H and O–H groups in total. The molecule has 6 heteroatoms. The molecule has 0 aromatic heterocycles. The fourth-order valence-electron chi connectivity index (χ4n) is 2.33. The Morgan fingerprint density at radius 3 is 2.27 bits per heavy atom. The standard InChI is InChI=1S/C20H26N4O.HI/c1-16-8-10-18(11-9-16)14-23-20(21-2)24-15-19(25)22-13-12-17-6-4-3-5-7-17;/h3-11H,12-15H2,1-2H3,(H,22,25)(H2,21,23,24);1H. The van der Waals surface area contributed by atoms with Crippen molar-refractivity contribution < 1.29 is 4.79 Å². The number of rotatable bonds is 7. The Balaban J connectivity index is 0.00000338. The van der Waals surface area contributed by atoms with E-state index in [1.165, 1.54) is 16.7 Å². The van der Waals surface area contributed by atoms with Gasteiger partial charge in [0.1, 0.15) is 0 Å². The highest BCUT2D eigenvalue weighted by molar-refractivity contribution is 14.0. The topological polar surface area (TPSA) is 65.5 Å². The van der Waals surface area contributed by atoms with E-state index in [0.717, 1.165) is 6.42 Å². The van der Waals surface area contributed by atoms with Gasteiger partial charge in [0.25, 0.3) is 0 Å². The molecular formula is C20H27IN4O. The van der Waals surface area contributed by atoms with Crippen molar-refractivity contribution in [1.29, 1.82) is 0 Å². The van der Waals surface area contributed by atoms with Gasteiger partial charge in [-0.25, -0.2) is 0 Å². The van der Waals surface area contributed by atoms with E-state index in [1.54, 1.807) is 7.05 Å². The molecule has 0 heterocycles. The van der Waals surface area contributed by atoms with Crippen molar-refractivity contribution in [2.24, 2.45) is 4.99 Å². The van der Waals surface area contributed by atoms with Gasteiger partial charge in [0.05, 0.1) is 6.54 Å². The second-order valence-electron chi connectivity index (χ2n) is 5.85. The number of carbonyl (C=O) groups is 1. The number of hydrogen-bond donors (Lipinski definition) is 3. The minimum atomic E-state index is -0.0470. The third kappa shape index (κ3) is 8.33. The first-order valence-corrected chi connectivity index (χ1v) is 8.48. The van der Waals surface area contributed by atoms with Crippen LogP contribution >= 0.6 is 24.0 Å². The van der Waals surface area contributed by atoms with Crippen molar-refractivity contribution in [2.75, 3.05) is 20.1 Å². The Morgan fingerprint density at radius 1 is 0.923 bits per heavy atom. The molecule has 5 nitrogen and oxygen atoms in total. The maximum absolute atomic E-state index is 11.9. The average molecular weight is 466 g/mol. The van der Waals surface area contributed by atoms with E-state index < -0.39 is 0 Å². The Hall–Kier alpha value is -2.09. The molecule has 140 valence electrons. The molecule has 2 rings (SSSR count). The van der Waals surface area contributed by atoms with Crippen LogP contribution in [0.25, 0.3) is 0 Å². The van der Waals surface area contributed by atoms with Crippen LogP contribution in [-0.2, 0) is 17.8 Å². The summed E-state index contributed by atoms with van der Waals surface area (Å²) in [6.07, 6.45) is 0.826. The molecule has 0 atom stereocenters. The molecule has 0 aliphatic carbocycles. The molecule has 0 saturated heterocycles. The zero-order valence-corrected chi connectivity index (χ0v) is 17.6. The SMILES string of the molecule is CN=C(NCC(=O)NCCc1ccccc1)NCc1ccc(C)cc1.I. The number of aryl methyl sites for hydroxylation is 1. The average Bonchev–Trinajstić information content (AvgIpc) is 2.64. The van der Waals surface area contributed by atoms with Gasteiger partial charge in [0, 0.05) is 20.1 Å². The molecule has 0 fully saturated rings. The number of nitrogens with one attached hydrogen (secondary N) is 3. The van der Waals surface area contributed by atoms with Gasteiger partial charge < -0.3 is 16.0 Å². The Bertz CT molecular complexity index is 687.